The first-order valence-corrected chi connectivity index (χ1v) is 12.7. The molecule has 0 fully saturated rings. The second-order valence-electron chi connectivity index (χ2n) is 9.08. The summed E-state index contributed by atoms with van der Waals surface area (Å²) in [5.74, 6) is 1.01. The molecule has 0 bridgehead atoms. The Bertz CT molecular complexity index is 1770. The number of nitrogens with zero attached hydrogens (tertiary/aromatic N) is 5. The van der Waals surface area contributed by atoms with Gasteiger partial charge >= 0.3 is 11.9 Å². The lowest BCUT2D eigenvalue weighted by molar-refractivity contribution is -0.137. The molecule has 3 heterocycles. The summed E-state index contributed by atoms with van der Waals surface area (Å²) >= 11 is 0. The number of aromatic amines is 1. The Morgan fingerprint density at radius 1 is 0.950 bits per heavy atom. The van der Waals surface area contributed by atoms with E-state index in [4.69, 9.17) is 9.26 Å². The zero-order valence-corrected chi connectivity index (χ0v) is 21.7. The standard InChI is InChI=1S/C27H25F3N6O4/c1-3-12-35-23-21(25(37)36(13-4-2)26(35)38)32-22(33-23)16-8-10-19(11-9-16)39-15-20-31-24(40-34-20)17-6-5-7-18(14-17)27(28,29)30/h5-11,14H,3-4,12-13,15H2,1-2H3,(H,32,33). The zero-order chi connectivity index (χ0) is 28.4. The number of fused-ring (bicyclic) bond motifs is 1. The van der Waals surface area contributed by atoms with Gasteiger partial charge in [0.1, 0.15) is 17.1 Å². The van der Waals surface area contributed by atoms with Crippen LogP contribution in [0.25, 0.3) is 34.0 Å². The summed E-state index contributed by atoms with van der Waals surface area (Å²) < 4.78 is 52.5. The van der Waals surface area contributed by atoms with Crippen LogP contribution in [0.4, 0.5) is 13.2 Å². The van der Waals surface area contributed by atoms with Crippen molar-refractivity contribution >= 4 is 11.2 Å². The third kappa shape index (κ3) is 5.26. The monoisotopic (exact) mass is 554 g/mol. The van der Waals surface area contributed by atoms with E-state index in [1.54, 1.807) is 24.3 Å². The highest BCUT2D eigenvalue weighted by Crippen LogP contribution is 2.32. The molecule has 0 saturated heterocycles. The molecule has 10 nitrogen and oxygen atoms in total. The predicted octanol–water partition coefficient (Wildman–Crippen LogP) is 5.02. The first-order valence-electron chi connectivity index (χ1n) is 12.7. The molecule has 0 radical (unpaired) electrons. The molecule has 0 amide bonds. The van der Waals surface area contributed by atoms with E-state index in [2.05, 4.69) is 20.1 Å². The molecule has 5 aromatic rings. The Hall–Kier alpha value is -4.68. The van der Waals surface area contributed by atoms with Crippen LogP contribution in [0, 0.1) is 0 Å². The minimum Gasteiger partial charge on any atom is -0.485 e. The number of H-pyrrole nitrogens is 1. The van der Waals surface area contributed by atoms with Crippen molar-refractivity contribution in [3.8, 4) is 28.6 Å². The Balaban J connectivity index is 1.33. The summed E-state index contributed by atoms with van der Waals surface area (Å²) in [4.78, 5) is 37.6. The van der Waals surface area contributed by atoms with Crippen LogP contribution < -0.4 is 16.0 Å². The van der Waals surface area contributed by atoms with Gasteiger partial charge in [-0.15, -0.1) is 0 Å². The normalized spacial score (nSPS) is 11.8. The van der Waals surface area contributed by atoms with E-state index < -0.39 is 17.3 Å². The first kappa shape index (κ1) is 26.9. The van der Waals surface area contributed by atoms with Gasteiger partial charge in [-0.05, 0) is 55.3 Å². The number of halogens is 3. The summed E-state index contributed by atoms with van der Waals surface area (Å²) in [5, 5.41) is 3.78. The highest BCUT2D eigenvalue weighted by atomic mass is 19.4. The molecule has 208 valence electrons. The highest BCUT2D eigenvalue weighted by Gasteiger charge is 2.31. The molecule has 0 aliphatic heterocycles. The molecule has 0 unspecified atom stereocenters. The number of aryl methyl sites for hydroxylation is 1. The topological polar surface area (TPSA) is 121 Å². The maximum absolute atomic E-state index is 13.0. The van der Waals surface area contributed by atoms with Crippen LogP contribution >= 0.6 is 0 Å². The number of ether oxygens (including phenoxy) is 1. The lowest BCUT2D eigenvalue weighted by Crippen LogP contribution is -2.40. The van der Waals surface area contributed by atoms with E-state index in [1.165, 1.54) is 21.3 Å². The second kappa shape index (κ2) is 10.8. The number of hydrogen-bond acceptors (Lipinski definition) is 7. The smallest absolute Gasteiger partial charge is 0.416 e. The molecule has 3 aromatic heterocycles. The van der Waals surface area contributed by atoms with E-state index in [0.717, 1.165) is 12.1 Å². The van der Waals surface area contributed by atoms with Crippen LogP contribution in [0.15, 0.2) is 62.6 Å². The number of hydrogen-bond donors (Lipinski definition) is 1. The van der Waals surface area contributed by atoms with Gasteiger partial charge in [-0.3, -0.25) is 13.9 Å². The molecule has 0 saturated carbocycles. The maximum Gasteiger partial charge on any atom is 0.416 e. The van der Waals surface area contributed by atoms with Crippen molar-refractivity contribution in [2.24, 2.45) is 0 Å². The molecule has 40 heavy (non-hydrogen) atoms. The third-order valence-electron chi connectivity index (χ3n) is 6.16. The van der Waals surface area contributed by atoms with Crippen molar-refractivity contribution in [2.75, 3.05) is 0 Å². The number of aromatic nitrogens is 6. The van der Waals surface area contributed by atoms with Gasteiger partial charge in [-0.2, -0.15) is 18.2 Å². The Morgan fingerprint density at radius 2 is 1.68 bits per heavy atom. The van der Waals surface area contributed by atoms with E-state index in [-0.39, 0.29) is 35.1 Å². The maximum atomic E-state index is 13.0. The molecule has 1 N–H and O–H groups in total. The SMILES string of the molecule is CCCn1c(=O)c2[nH]c(-c3ccc(OCc4noc(-c5cccc(C(F)(F)F)c5)n4)cc3)nc2n(CCC)c1=O. The Labute approximate surface area is 225 Å². The van der Waals surface area contributed by atoms with Gasteiger partial charge in [-0.1, -0.05) is 25.1 Å². The molecule has 0 atom stereocenters. The van der Waals surface area contributed by atoms with Crippen LogP contribution in [0.5, 0.6) is 5.75 Å². The van der Waals surface area contributed by atoms with Crippen molar-refractivity contribution < 1.29 is 22.4 Å². The fourth-order valence-electron chi connectivity index (χ4n) is 4.26. The van der Waals surface area contributed by atoms with Gasteiger partial charge in [0, 0.05) is 24.2 Å². The van der Waals surface area contributed by atoms with Crippen LogP contribution in [0.3, 0.4) is 0 Å². The summed E-state index contributed by atoms with van der Waals surface area (Å²) in [6.07, 6.45) is -3.14. The Morgan fingerprint density at radius 3 is 2.38 bits per heavy atom. The van der Waals surface area contributed by atoms with Crippen molar-refractivity contribution in [1.29, 1.82) is 0 Å². The summed E-state index contributed by atoms with van der Waals surface area (Å²) in [6.45, 7) is 4.52. The number of alkyl halides is 3. The van der Waals surface area contributed by atoms with E-state index in [9.17, 15) is 22.8 Å². The zero-order valence-electron chi connectivity index (χ0n) is 21.7. The molecule has 2 aromatic carbocycles. The number of imidazole rings is 1. The first-order chi connectivity index (χ1) is 19.2. The van der Waals surface area contributed by atoms with Crippen molar-refractivity contribution in [3.05, 3.63) is 80.8 Å². The van der Waals surface area contributed by atoms with Gasteiger partial charge < -0.3 is 14.2 Å². The average Bonchev–Trinajstić information content (AvgIpc) is 3.60. The lowest BCUT2D eigenvalue weighted by Gasteiger charge is -2.09. The summed E-state index contributed by atoms with van der Waals surface area (Å²) in [7, 11) is 0. The largest absolute Gasteiger partial charge is 0.485 e. The Kier molecular flexibility index (Phi) is 7.28. The minimum absolute atomic E-state index is 0.0514. The predicted molar refractivity (Wildman–Crippen MR) is 140 cm³/mol. The van der Waals surface area contributed by atoms with Gasteiger partial charge in [0.05, 0.1) is 5.56 Å². The molecule has 0 aliphatic rings. The number of nitrogens with one attached hydrogen (secondary N) is 1. The molecular weight excluding hydrogens is 529 g/mol. The molecule has 0 spiro atoms. The van der Waals surface area contributed by atoms with E-state index in [1.807, 2.05) is 13.8 Å². The minimum atomic E-state index is -4.49. The van der Waals surface area contributed by atoms with Gasteiger partial charge in [0.25, 0.3) is 11.4 Å². The number of rotatable bonds is 9. The van der Waals surface area contributed by atoms with Crippen molar-refractivity contribution in [1.82, 2.24) is 29.2 Å². The van der Waals surface area contributed by atoms with E-state index >= 15 is 0 Å². The van der Waals surface area contributed by atoms with Crippen molar-refractivity contribution in [2.45, 2.75) is 52.6 Å². The summed E-state index contributed by atoms with van der Waals surface area (Å²) in [6, 6.07) is 11.5. The van der Waals surface area contributed by atoms with Crippen LogP contribution in [0.1, 0.15) is 38.1 Å². The van der Waals surface area contributed by atoms with Gasteiger partial charge in [0.2, 0.25) is 5.82 Å². The third-order valence-corrected chi connectivity index (χ3v) is 6.16. The van der Waals surface area contributed by atoms with Crippen molar-refractivity contribution in [3.63, 3.8) is 0 Å². The quantitative estimate of drug-likeness (QED) is 0.272. The van der Waals surface area contributed by atoms with Gasteiger partial charge in [0.15, 0.2) is 12.3 Å². The van der Waals surface area contributed by atoms with Crippen LogP contribution in [-0.4, -0.2) is 29.2 Å². The number of benzene rings is 2. The summed E-state index contributed by atoms with van der Waals surface area (Å²) in [5.41, 5.74) is -0.191. The fourth-order valence-corrected chi connectivity index (χ4v) is 4.26. The fraction of sp³-hybridized carbons (Fsp3) is 0.296. The lowest BCUT2D eigenvalue weighted by atomic mass is 10.1. The van der Waals surface area contributed by atoms with Crippen LogP contribution in [0.2, 0.25) is 0 Å². The van der Waals surface area contributed by atoms with Crippen LogP contribution in [-0.2, 0) is 25.9 Å². The molecule has 0 aliphatic carbocycles. The average molecular weight is 555 g/mol. The van der Waals surface area contributed by atoms with E-state index in [0.29, 0.717) is 48.7 Å². The second-order valence-corrected chi connectivity index (χ2v) is 9.08. The molecule has 5 rings (SSSR count). The highest BCUT2D eigenvalue weighted by molar-refractivity contribution is 5.75. The van der Waals surface area contributed by atoms with Gasteiger partial charge in [-0.25, -0.2) is 9.78 Å². The molecule has 13 heteroatoms. The molecular formula is C27H25F3N6O4.